The average molecular weight is 349 g/mol. The summed E-state index contributed by atoms with van der Waals surface area (Å²) in [4.78, 5) is 15.6. The lowest BCUT2D eigenvalue weighted by Gasteiger charge is -2.33. The summed E-state index contributed by atoms with van der Waals surface area (Å²) in [7, 11) is 0. The van der Waals surface area contributed by atoms with E-state index in [1.54, 1.807) is 12.1 Å². The first-order valence-electron chi connectivity index (χ1n) is 8.10. The lowest BCUT2D eigenvalue weighted by Crippen LogP contribution is -2.43. The second-order valence-corrected chi connectivity index (χ2v) is 6.66. The number of amides is 1. The third-order valence-electron chi connectivity index (χ3n) is 4.47. The van der Waals surface area contributed by atoms with Crippen molar-refractivity contribution in [3.8, 4) is 11.4 Å². The van der Waals surface area contributed by atoms with E-state index in [0.29, 0.717) is 16.8 Å². The standard InChI is InChI=1S/C16H21ClN6O/c1-11(18)12-6-8-22(9-7-12)15(24)10-23-20-16(19-21-23)13-2-4-14(17)5-3-13/h2-5,11-12H,6-10,18H2,1H3. The summed E-state index contributed by atoms with van der Waals surface area (Å²) in [5, 5.41) is 12.9. The van der Waals surface area contributed by atoms with Gasteiger partial charge in [-0.25, -0.2) is 0 Å². The summed E-state index contributed by atoms with van der Waals surface area (Å²) < 4.78 is 0. The Hall–Kier alpha value is -1.99. The Morgan fingerprint density at radius 2 is 2.00 bits per heavy atom. The first-order chi connectivity index (χ1) is 11.5. The molecule has 1 amide bonds. The second-order valence-electron chi connectivity index (χ2n) is 6.23. The van der Waals surface area contributed by atoms with Crippen LogP contribution in [0.15, 0.2) is 24.3 Å². The van der Waals surface area contributed by atoms with Gasteiger partial charge in [0, 0.05) is 29.7 Å². The van der Waals surface area contributed by atoms with Crippen LogP contribution in [0.2, 0.25) is 5.02 Å². The molecule has 2 heterocycles. The minimum absolute atomic E-state index is 0.0122. The van der Waals surface area contributed by atoms with E-state index >= 15 is 0 Å². The number of tetrazole rings is 1. The molecule has 7 nitrogen and oxygen atoms in total. The Balaban J connectivity index is 1.59. The van der Waals surface area contributed by atoms with Crippen LogP contribution in [-0.2, 0) is 11.3 Å². The van der Waals surface area contributed by atoms with Crippen LogP contribution in [-0.4, -0.2) is 50.1 Å². The second kappa shape index (κ2) is 7.27. The third kappa shape index (κ3) is 3.91. The number of rotatable bonds is 4. The van der Waals surface area contributed by atoms with E-state index in [-0.39, 0.29) is 18.5 Å². The predicted octanol–water partition coefficient (Wildman–Crippen LogP) is 1.58. The quantitative estimate of drug-likeness (QED) is 0.906. The van der Waals surface area contributed by atoms with Crippen molar-refractivity contribution in [1.29, 1.82) is 0 Å². The highest BCUT2D eigenvalue weighted by Gasteiger charge is 2.25. The van der Waals surface area contributed by atoms with E-state index in [1.165, 1.54) is 4.80 Å². The first-order valence-corrected chi connectivity index (χ1v) is 8.48. The minimum atomic E-state index is 0.0122. The smallest absolute Gasteiger partial charge is 0.246 e. The number of benzene rings is 1. The molecular formula is C16H21ClN6O. The van der Waals surface area contributed by atoms with Gasteiger partial charge in [0.1, 0.15) is 6.54 Å². The van der Waals surface area contributed by atoms with E-state index in [0.717, 1.165) is 31.5 Å². The molecule has 0 radical (unpaired) electrons. The van der Waals surface area contributed by atoms with E-state index in [4.69, 9.17) is 17.3 Å². The summed E-state index contributed by atoms with van der Waals surface area (Å²) in [5.41, 5.74) is 6.75. The van der Waals surface area contributed by atoms with Gasteiger partial charge in [-0.3, -0.25) is 4.79 Å². The lowest BCUT2D eigenvalue weighted by atomic mass is 9.91. The monoisotopic (exact) mass is 348 g/mol. The number of carbonyl (C=O) groups excluding carboxylic acids is 1. The van der Waals surface area contributed by atoms with Crippen molar-refractivity contribution >= 4 is 17.5 Å². The van der Waals surface area contributed by atoms with Crippen LogP contribution >= 0.6 is 11.6 Å². The zero-order valence-electron chi connectivity index (χ0n) is 13.6. The molecule has 1 atom stereocenters. The van der Waals surface area contributed by atoms with Gasteiger partial charge >= 0.3 is 0 Å². The van der Waals surface area contributed by atoms with Crippen LogP contribution < -0.4 is 5.73 Å². The fourth-order valence-electron chi connectivity index (χ4n) is 2.92. The van der Waals surface area contributed by atoms with Crippen LogP contribution in [0, 0.1) is 5.92 Å². The van der Waals surface area contributed by atoms with Crippen LogP contribution in [0.3, 0.4) is 0 Å². The number of nitrogens with zero attached hydrogens (tertiary/aromatic N) is 5. The molecule has 0 bridgehead atoms. The van der Waals surface area contributed by atoms with E-state index in [1.807, 2.05) is 24.0 Å². The number of nitrogens with two attached hydrogens (primary N) is 1. The van der Waals surface area contributed by atoms with Crippen molar-refractivity contribution < 1.29 is 4.79 Å². The van der Waals surface area contributed by atoms with Crippen LogP contribution in [0.1, 0.15) is 19.8 Å². The highest BCUT2D eigenvalue weighted by atomic mass is 35.5. The van der Waals surface area contributed by atoms with Gasteiger partial charge < -0.3 is 10.6 Å². The fourth-order valence-corrected chi connectivity index (χ4v) is 3.05. The van der Waals surface area contributed by atoms with Crippen molar-refractivity contribution in [2.24, 2.45) is 11.7 Å². The number of piperidine rings is 1. The van der Waals surface area contributed by atoms with Crippen molar-refractivity contribution in [3.05, 3.63) is 29.3 Å². The Kier molecular flexibility index (Phi) is 5.11. The molecule has 1 aliphatic rings. The van der Waals surface area contributed by atoms with Gasteiger partial charge in [-0.1, -0.05) is 11.6 Å². The van der Waals surface area contributed by atoms with Gasteiger partial charge in [-0.15, -0.1) is 10.2 Å². The van der Waals surface area contributed by atoms with E-state index < -0.39 is 0 Å². The van der Waals surface area contributed by atoms with Gasteiger partial charge in [0.15, 0.2) is 0 Å². The Bertz CT molecular complexity index is 691. The normalized spacial score (nSPS) is 17.0. The van der Waals surface area contributed by atoms with Gasteiger partial charge in [0.05, 0.1) is 0 Å². The van der Waals surface area contributed by atoms with E-state index in [2.05, 4.69) is 15.4 Å². The summed E-state index contributed by atoms with van der Waals surface area (Å²) >= 11 is 5.87. The predicted molar refractivity (Wildman–Crippen MR) is 91.2 cm³/mol. The zero-order valence-corrected chi connectivity index (χ0v) is 14.4. The van der Waals surface area contributed by atoms with Crippen molar-refractivity contribution in [3.63, 3.8) is 0 Å². The number of aromatic nitrogens is 4. The van der Waals surface area contributed by atoms with Gasteiger partial charge in [-0.2, -0.15) is 4.80 Å². The molecule has 0 aliphatic carbocycles. The highest BCUT2D eigenvalue weighted by molar-refractivity contribution is 6.30. The number of hydrogen-bond acceptors (Lipinski definition) is 5. The topological polar surface area (TPSA) is 89.9 Å². The van der Waals surface area contributed by atoms with Crippen molar-refractivity contribution in [2.75, 3.05) is 13.1 Å². The molecule has 1 unspecified atom stereocenters. The number of likely N-dealkylation sites (tertiary alicyclic amines) is 1. The maximum atomic E-state index is 12.4. The van der Waals surface area contributed by atoms with Gasteiger partial charge in [0.25, 0.3) is 0 Å². The number of carbonyl (C=O) groups is 1. The molecule has 0 spiro atoms. The molecule has 2 aromatic rings. The summed E-state index contributed by atoms with van der Waals surface area (Å²) in [6.45, 7) is 3.61. The molecule has 1 aromatic heterocycles. The minimum Gasteiger partial charge on any atom is -0.341 e. The number of hydrogen-bond donors (Lipinski definition) is 1. The molecule has 128 valence electrons. The maximum Gasteiger partial charge on any atom is 0.246 e. The zero-order chi connectivity index (χ0) is 17.1. The highest BCUT2D eigenvalue weighted by Crippen LogP contribution is 2.20. The largest absolute Gasteiger partial charge is 0.341 e. The van der Waals surface area contributed by atoms with Gasteiger partial charge in [-0.05, 0) is 55.2 Å². The average Bonchev–Trinajstić information content (AvgIpc) is 3.04. The lowest BCUT2D eigenvalue weighted by molar-refractivity contribution is -0.133. The van der Waals surface area contributed by atoms with Crippen molar-refractivity contribution in [1.82, 2.24) is 25.1 Å². The Labute approximate surface area is 145 Å². The van der Waals surface area contributed by atoms with Gasteiger partial charge in [0.2, 0.25) is 11.7 Å². The molecule has 1 saturated heterocycles. The Morgan fingerprint density at radius 1 is 1.33 bits per heavy atom. The SMILES string of the molecule is CC(N)C1CCN(C(=O)Cn2nnc(-c3ccc(Cl)cc3)n2)CC1. The maximum absolute atomic E-state index is 12.4. The summed E-state index contributed by atoms with van der Waals surface area (Å²) in [5.74, 6) is 0.989. The third-order valence-corrected chi connectivity index (χ3v) is 4.72. The summed E-state index contributed by atoms with van der Waals surface area (Å²) in [6.07, 6.45) is 1.90. The van der Waals surface area contributed by atoms with Crippen LogP contribution in [0.5, 0.6) is 0 Å². The summed E-state index contributed by atoms with van der Waals surface area (Å²) in [6, 6.07) is 7.37. The molecular weight excluding hydrogens is 328 g/mol. The molecule has 3 rings (SSSR count). The van der Waals surface area contributed by atoms with Crippen LogP contribution in [0.25, 0.3) is 11.4 Å². The molecule has 1 fully saturated rings. The molecule has 24 heavy (non-hydrogen) atoms. The van der Waals surface area contributed by atoms with E-state index in [9.17, 15) is 4.79 Å². The first kappa shape index (κ1) is 16.9. The molecule has 1 aromatic carbocycles. The molecule has 1 aliphatic heterocycles. The van der Waals surface area contributed by atoms with Crippen molar-refractivity contribution in [2.45, 2.75) is 32.4 Å². The molecule has 8 heteroatoms. The molecule has 2 N–H and O–H groups in total. The Morgan fingerprint density at radius 3 is 2.62 bits per heavy atom. The molecule has 0 saturated carbocycles. The number of halogens is 1. The fraction of sp³-hybridized carbons (Fsp3) is 0.500. The van der Waals surface area contributed by atoms with Crippen LogP contribution in [0.4, 0.5) is 0 Å².